The van der Waals surface area contributed by atoms with Crippen LogP contribution in [0.1, 0.15) is 0 Å². The van der Waals surface area contributed by atoms with Crippen LogP contribution in [-0.2, 0) is 8.98 Å². The molecule has 0 bridgehead atoms. The maximum atomic E-state index is 10.0. The molecule has 0 aromatic rings. The average molecular weight is 158 g/mol. The van der Waals surface area contributed by atoms with Crippen molar-refractivity contribution in [3.8, 4) is 0 Å². The number of rotatable bonds is 2. The molecule has 4 heteroatoms. The number of carbonyl (C=O) groups is 1. The fourth-order valence-corrected chi connectivity index (χ4v) is 1.01. The summed E-state index contributed by atoms with van der Waals surface area (Å²) in [5, 5.41) is 8.91. The van der Waals surface area contributed by atoms with Crippen LogP contribution in [0.3, 0.4) is 0 Å². The SMILES string of the molecule is O=CC(O)C1=CC=COS1. The molecule has 0 saturated heterocycles. The monoisotopic (exact) mass is 158 g/mol. The quantitative estimate of drug-likeness (QED) is 0.472. The van der Waals surface area contributed by atoms with Gasteiger partial charge in [-0.15, -0.1) is 0 Å². The van der Waals surface area contributed by atoms with Crippen LogP contribution < -0.4 is 0 Å². The van der Waals surface area contributed by atoms with Gasteiger partial charge in [-0.1, -0.05) is 0 Å². The fraction of sp³-hybridized carbons (Fsp3) is 0.167. The molecule has 0 aromatic carbocycles. The largest absolute Gasteiger partial charge is 0.429 e. The number of hydrogen-bond acceptors (Lipinski definition) is 4. The smallest absolute Gasteiger partial charge is 0.153 e. The summed E-state index contributed by atoms with van der Waals surface area (Å²) in [6, 6.07) is 0. The minimum Gasteiger partial charge on any atom is -0.429 e. The summed E-state index contributed by atoms with van der Waals surface area (Å²) in [5.74, 6) is 0. The molecule has 0 fully saturated rings. The Morgan fingerprint density at radius 1 is 1.80 bits per heavy atom. The van der Waals surface area contributed by atoms with Crippen molar-refractivity contribution in [3.63, 3.8) is 0 Å². The van der Waals surface area contributed by atoms with Crippen LogP contribution in [0.2, 0.25) is 0 Å². The lowest BCUT2D eigenvalue weighted by atomic mass is 10.3. The zero-order valence-corrected chi connectivity index (χ0v) is 5.88. The lowest BCUT2D eigenvalue weighted by Crippen LogP contribution is -2.09. The van der Waals surface area contributed by atoms with Gasteiger partial charge in [0.1, 0.15) is 12.4 Å². The molecule has 0 saturated carbocycles. The Kier molecular flexibility index (Phi) is 2.53. The van der Waals surface area contributed by atoms with E-state index in [1.165, 1.54) is 6.26 Å². The Labute approximate surface area is 62.6 Å². The van der Waals surface area contributed by atoms with E-state index in [4.69, 9.17) is 9.29 Å². The van der Waals surface area contributed by atoms with Crippen molar-refractivity contribution in [2.45, 2.75) is 6.10 Å². The van der Waals surface area contributed by atoms with Gasteiger partial charge >= 0.3 is 0 Å². The van der Waals surface area contributed by atoms with Crippen molar-refractivity contribution >= 4 is 18.3 Å². The number of aliphatic hydroxyl groups excluding tert-OH is 1. The Balaban J connectivity index is 2.61. The van der Waals surface area contributed by atoms with Crippen molar-refractivity contribution in [3.05, 3.63) is 23.3 Å². The summed E-state index contributed by atoms with van der Waals surface area (Å²) < 4.78 is 4.75. The van der Waals surface area contributed by atoms with E-state index in [9.17, 15) is 4.79 Å². The third-order valence-corrected chi connectivity index (χ3v) is 1.74. The maximum absolute atomic E-state index is 10.0. The summed E-state index contributed by atoms with van der Waals surface area (Å²) >= 11 is 0.989. The Hall–Kier alpha value is -0.740. The summed E-state index contributed by atoms with van der Waals surface area (Å²) in [5.41, 5.74) is 0. The van der Waals surface area contributed by atoms with Gasteiger partial charge in [0.05, 0.1) is 16.9 Å². The first-order chi connectivity index (χ1) is 4.84. The molecule has 0 aliphatic carbocycles. The normalized spacial score (nSPS) is 19.1. The third-order valence-electron chi connectivity index (χ3n) is 0.959. The molecule has 1 rings (SSSR count). The van der Waals surface area contributed by atoms with Crippen LogP contribution in [0.25, 0.3) is 0 Å². The second kappa shape index (κ2) is 3.43. The van der Waals surface area contributed by atoms with E-state index in [0.717, 1.165) is 12.0 Å². The van der Waals surface area contributed by atoms with Gasteiger partial charge < -0.3 is 14.1 Å². The van der Waals surface area contributed by atoms with Crippen LogP contribution >= 0.6 is 12.0 Å². The molecule has 0 radical (unpaired) electrons. The Morgan fingerprint density at radius 3 is 3.10 bits per heavy atom. The molecule has 1 N–H and O–H groups in total. The molecule has 3 nitrogen and oxygen atoms in total. The van der Waals surface area contributed by atoms with E-state index < -0.39 is 6.10 Å². The Bertz CT molecular complexity index is 185. The van der Waals surface area contributed by atoms with Crippen LogP contribution in [0.4, 0.5) is 0 Å². The molecule has 1 atom stereocenters. The van der Waals surface area contributed by atoms with Crippen LogP contribution in [0.15, 0.2) is 23.3 Å². The highest BCUT2D eigenvalue weighted by Crippen LogP contribution is 2.23. The number of aldehydes is 1. The topological polar surface area (TPSA) is 46.5 Å². The maximum Gasteiger partial charge on any atom is 0.153 e. The highest BCUT2D eigenvalue weighted by atomic mass is 32.2. The molecule has 1 heterocycles. The molecule has 10 heavy (non-hydrogen) atoms. The number of aliphatic hydroxyl groups is 1. The van der Waals surface area contributed by atoms with Gasteiger partial charge in [0.25, 0.3) is 0 Å². The van der Waals surface area contributed by atoms with E-state index in [1.54, 1.807) is 12.2 Å². The van der Waals surface area contributed by atoms with Gasteiger partial charge in [-0.05, 0) is 12.2 Å². The second-order valence-corrected chi connectivity index (χ2v) is 2.49. The zero-order valence-electron chi connectivity index (χ0n) is 5.06. The zero-order chi connectivity index (χ0) is 7.40. The first kappa shape index (κ1) is 7.37. The van der Waals surface area contributed by atoms with Crippen molar-refractivity contribution in [2.24, 2.45) is 0 Å². The minimum atomic E-state index is -1.05. The predicted molar refractivity (Wildman–Crippen MR) is 38.0 cm³/mol. The minimum absolute atomic E-state index is 0.460. The predicted octanol–water partition coefficient (Wildman–Crippen LogP) is 0.622. The van der Waals surface area contributed by atoms with Crippen LogP contribution in [0, 0.1) is 0 Å². The molecule has 0 spiro atoms. The molecule has 54 valence electrons. The first-order valence-electron chi connectivity index (χ1n) is 2.68. The van der Waals surface area contributed by atoms with Gasteiger partial charge in [0.2, 0.25) is 0 Å². The number of hydrogen-bond donors (Lipinski definition) is 1. The lowest BCUT2D eigenvalue weighted by Gasteiger charge is -2.08. The number of allylic oxidation sites excluding steroid dienone is 2. The highest BCUT2D eigenvalue weighted by molar-refractivity contribution is 7.98. The second-order valence-electron chi connectivity index (χ2n) is 1.66. The molecular weight excluding hydrogens is 152 g/mol. The van der Waals surface area contributed by atoms with Gasteiger partial charge in [-0.2, -0.15) is 0 Å². The molecule has 0 aromatic heterocycles. The van der Waals surface area contributed by atoms with Crippen LogP contribution in [0.5, 0.6) is 0 Å². The standard InChI is InChI=1S/C6H6O3S/c7-4-5(8)6-2-1-3-9-10-6/h1-5,8H. The van der Waals surface area contributed by atoms with Crippen LogP contribution in [-0.4, -0.2) is 17.5 Å². The molecule has 1 unspecified atom stereocenters. The summed E-state index contributed by atoms with van der Waals surface area (Å²) in [4.78, 5) is 10.5. The van der Waals surface area contributed by atoms with Gasteiger partial charge in [-0.25, -0.2) is 0 Å². The summed E-state index contributed by atoms with van der Waals surface area (Å²) in [6.45, 7) is 0. The van der Waals surface area contributed by atoms with Gasteiger partial charge in [0.15, 0.2) is 6.29 Å². The van der Waals surface area contributed by atoms with Crippen molar-refractivity contribution < 1.29 is 14.1 Å². The van der Waals surface area contributed by atoms with Crippen molar-refractivity contribution in [1.82, 2.24) is 0 Å². The molecule has 1 aliphatic heterocycles. The average Bonchev–Trinajstić information content (AvgIpc) is 2.05. The van der Waals surface area contributed by atoms with E-state index in [2.05, 4.69) is 0 Å². The van der Waals surface area contributed by atoms with E-state index in [0.29, 0.717) is 11.2 Å². The molecular formula is C6H6O3S. The summed E-state index contributed by atoms with van der Waals surface area (Å²) in [7, 11) is 0. The van der Waals surface area contributed by atoms with E-state index in [1.807, 2.05) is 0 Å². The Morgan fingerprint density at radius 2 is 2.60 bits per heavy atom. The van der Waals surface area contributed by atoms with Gasteiger partial charge in [-0.3, -0.25) is 0 Å². The van der Waals surface area contributed by atoms with Gasteiger partial charge in [0, 0.05) is 0 Å². The lowest BCUT2D eigenvalue weighted by molar-refractivity contribution is -0.113. The van der Waals surface area contributed by atoms with E-state index in [-0.39, 0.29) is 0 Å². The molecule has 1 aliphatic rings. The summed E-state index contributed by atoms with van der Waals surface area (Å²) in [6.07, 6.45) is 4.15. The highest BCUT2D eigenvalue weighted by Gasteiger charge is 2.11. The van der Waals surface area contributed by atoms with Crippen molar-refractivity contribution in [2.75, 3.05) is 0 Å². The van der Waals surface area contributed by atoms with E-state index >= 15 is 0 Å². The molecule has 0 amide bonds. The first-order valence-corrected chi connectivity index (χ1v) is 3.42. The third kappa shape index (κ3) is 1.62. The van der Waals surface area contributed by atoms with Crippen molar-refractivity contribution in [1.29, 1.82) is 0 Å². The fourth-order valence-electron chi connectivity index (χ4n) is 0.492. The number of carbonyl (C=O) groups excluding carboxylic acids is 1.